The quantitative estimate of drug-likeness (QED) is 0.815. The Kier molecular flexibility index (Phi) is 6.60. The van der Waals surface area contributed by atoms with Crippen LogP contribution in [0, 0.1) is 0 Å². The van der Waals surface area contributed by atoms with Gasteiger partial charge in [-0.1, -0.05) is 44.5 Å². The van der Waals surface area contributed by atoms with E-state index in [1.54, 1.807) is 0 Å². The minimum absolute atomic E-state index is 0.430. The summed E-state index contributed by atoms with van der Waals surface area (Å²) in [5.74, 6) is 1.22. The number of thioether (sulfide) groups is 2. The van der Waals surface area contributed by atoms with Crippen LogP contribution in [0.2, 0.25) is 5.02 Å². The van der Waals surface area contributed by atoms with Crippen LogP contribution < -0.4 is 5.32 Å². The lowest BCUT2D eigenvalue weighted by atomic mass is 10.0. The molecule has 1 aromatic carbocycles. The number of nitrogens with one attached hydrogen (secondary N) is 1. The first kappa shape index (κ1) is 16.5. The molecular weight excluding hydrogens is 306 g/mol. The summed E-state index contributed by atoms with van der Waals surface area (Å²) >= 11 is 10.3. The smallest absolute Gasteiger partial charge is 0.0448 e. The van der Waals surface area contributed by atoms with E-state index in [4.69, 9.17) is 11.6 Å². The molecule has 0 amide bonds. The van der Waals surface area contributed by atoms with Crippen LogP contribution in [0.25, 0.3) is 0 Å². The highest BCUT2D eigenvalue weighted by molar-refractivity contribution is 8.07. The minimum atomic E-state index is 0.430. The molecule has 1 heterocycles. The van der Waals surface area contributed by atoms with E-state index in [0.717, 1.165) is 22.1 Å². The zero-order valence-corrected chi connectivity index (χ0v) is 14.8. The first-order valence-corrected chi connectivity index (χ1v) is 9.74. The number of halogens is 1. The fourth-order valence-corrected chi connectivity index (χ4v) is 5.66. The molecular formula is C16H24ClNS2. The highest BCUT2D eigenvalue weighted by atomic mass is 35.5. The molecule has 2 rings (SSSR count). The van der Waals surface area contributed by atoms with Gasteiger partial charge in [-0.15, -0.1) is 0 Å². The van der Waals surface area contributed by atoms with Gasteiger partial charge in [0.25, 0.3) is 0 Å². The fraction of sp³-hybridized carbons (Fsp3) is 0.625. The van der Waals surface area contributed by atoms with Crippen molar-refractivity contribution in [2.24, 2.45) is 0 Å². The van der Waals surface area contributed by atoms with Crippen molar-refractivity contribution in [3.05, 3.63) is 34.9 Å². The van der Waals surface area contributed by atoms with Crippen molar-refractivity contribution in [1.82, 2.24) is 5.32 Å². The molecule has 1 aliphatic heterocycles. The summed E-state index contributed by atoms with van der Waals surface area (Å²) in [6, 6.07) is 8.78. The van der Waals surface area contributed by atoms with Gasteiger partial charge in [-0.3, -0.25) is 0 Å². The third-order valence-electron chi connectivity index (χ3n) is 3.79. The number of rotatable bonds is 5. The van der Waals surface area contributed by atoms with E-state index in [9.17, 15) is 0 Å². The largest absolute Gasteiger partial charge is 0.309 e. The Balaban J connectivity index is 2.12. The number of benzene rings is 1. The average molecular weight is 330 g/mol. The van der Waals surface area contributed by atoms with Crippen LogP contribution in [0.3, 0.4) is 0 Å². The highest BCUT2D eigenvalue weighted by Gasteiger charge is 2.31. The van der Waals surface area contributed by atoms with E-state index in [2.05, 4.69) is 61.7 Å². The molecule has 1 saturated heterocycles. The van der Waals surface area contributed by atoms with Gasteiger partial charge in [-0.25, -0.2) is 0 Å². The maximum Gasteiger partial charge on any atom is 0.0448 e. The van der Waals surface area contributed by atoms with E-state index >= 15 is 0 Å². The van der Waals surface area contributed by atoms with Crippen molar-refractivity contribution in [3.63, 3.8) is 0 Å². The van der Waals surface area contributed by atoms with Crippen molar-refractivity contribution >= 4 is 35.1 Å². The Morgan fingerprint density at radius 3 is 2.55 bits per heavy atom. The Morgan fingerprint density at radius 2 is 1.95 bits per heavy atom. The summed E-state index contributed by atoms with van der Waals surface area (Å²) in [4.78, 5) is 0. The van der Waals surface area contributed by atoms with Gasteiger partial charge in [-0.2, -0.15) is 23.5 Å². The predicted molar refractivity (Wildman–Crippen MR) is 95.2 cm³/mol. The molecule has 1 fully saturated rings. The second kappa shape index (κ2) is 7.98. The van der Waals surface area contributed by atoms with Crippen molar-refractivity contribution in [1.29, 1.82) is 0 Å². The fourth-order valence-electron chi connectivity index (χ4n) is 2.42. The van der Waals surface area contributed by atoms with Gasteiger partial charge < -0.3 is 5.32 Å². The standard InChI is InChI=1S/C16H24ClNS2/c1-4-9-18-16(13-5-7-14(17)8-6-13)15-10-19-11(2)12(3)20-15/h5-8,11-12,15-16,18H,4,9-10H2,1-3H3. The van der Waals surface area contributed by atoms with Crippen LogP contribution >= 0.6 is 35.1 Å². The van der Waals surface area contributed by atoms with Gasteiger partial charge in [-0.05, 0) is 30.7 Å². The molecule has 1 aromatic rings. The lowest BCUT2D eigenvalue weighted by Gasteiger charge is -2.36. The van der Waals surface area contributed by atoms with E-state index in [-0.39, 0.29) is 0 Å². The second-order valence-electron chi connectivity index (χ2n) is 5.40. The second-order valence-corrected chi connectivity index (χ2v) is 8.87. The molecule has 1 aliphatic rings. The number of hydrogen-bond donors (Lipinski definition) is 1. The molecule has 0 aliphatic carbocycles. The summed E-state index contributed by atoms with van der Waals surface area (Å²) < 4.78 is 0. The molecule has 4 unspecified atom stereocenters. The van der Waals surface area contributed by atoms with Crippen LogP contribution in [0.4, 0.5) is 0 Å². The molecule has 0 radical (unpaired) electrons. The van der Waals surface area contributed by atoms with E-state index in [0.29, 0.717) is 11.3 Å². The summed E-state index contributed by atoms with van der Waals surface area (Å²) in [7, 11) is 0. The third kappa shape index (κ3) is 4.33. The highest BCUT2D eigenvalue weighted by Crippen LogP contribution is 2.41. The molecule has 112 valence electrons. The molecule has 0 aromatic heterocycles. The molecule has 4 heteroatoms. The zero-order chi connectivity index (χ0) is 14.5. The van der Waals surface area contributed by atoms with E-state index < -0.39 is 0 Å². The Hall–Kier alpha value is 0.170. The molecule has 0 saturated carbocycles. The van der Waals surface area contributed by atoms with Crippen LogP contribution in [-0.4, -0.2) is 28.0 Å². The Bertz CT molecular complexity index is 409. The first-order chi connectivity index (χ1) is 9.61. The van der Waals surface area contributed by atoms with Gasteiger partial charge in [0.05, 0.1) is 0 Å². The lowest BCUT2D eigenvalue weighted by molar-refractivity contribution is 0.528. The maximum atomic E-state index is 6.02. The van der Waals surface area contributed by atoms with Gasteiger partial charge in [0, 0.05) is 32.6 Å². The van der Waals surface area contributed by atoms with Crippen LogP contribution in [0.1, 0.15) is 38.8 Å². The topological polar surface area (TPSA) is 12.0 Å². The molecule has 0 bridgehead atoms. The minimum Gasteiger partial charge on any atom is -0.309 e. The zero-order valence-electron chi connectivity index (χ0n) is 12.4. The Labute approximate surface area is 136 Å². The predicted octanol–water partition coefficient (Wildman–Crippen LogP) is 5.01. The van der Waals surface area contributed by atoms with Crippen LogP contribution in [-0.2, 0) is 0 Å². The normalized spacial score (nSPS) is 28.3. The van der Waals surface area contributed by atoms with Gasteiger partial charge in [0.2, 0.25) is 0 Å². The monoisotopic (exact) mass is 329 g/mol. The Morgan fingerprint density at radius 1 is 1.25 bits per heavy atom. The maximum absolute atomic E-state index is 6.02. The van der Waals surface area contributed by atoms with E-state index in [1.165, 1.54) is 17.7 Å². The van der Waals surface area contributed by atoms with Crippen molar-refractivity contribution in [2.75, 3.05) is 12.3 Å². The molecule has 1 nitrogen and oxygen atoms in total. The molecule has 1 N–H and O–H groups in total. The average Bonchev–Trinajstić information content (AvgIpc) is 2.45. The lowest BCUT2D eigenvalue weighted by Crippen LogP contribution is -2.37. The molecule has 20 heavy (non-hydrogen) atoms. The van der Waals surface area contributed by atoms with Crippen LogP contribution in [0.15, 0.2) is 24.3 Å². The first-order valence-electron chi connectivity index (χ1n) is 7.37. The van der Waals surface area contributed by atoms with Gasteiger partial charge in [0.15, 0.2) is 0 Å². The van der Waals surface area contributed by atoms with E-state index in [1.807, 2.05) is 12.1 Å². The third-order valence-corrected chi connectivity index (χ3v) is 7.54. The van der Waals surface area contributed by atoms with Gasteiger partial charge >= 0.3 is 0 Å². The summed E-state index contributed by atoms with van der Waals surface area (Å²) in [5, 5.41) is 6.66. The summed E-state index contributed by atoms with van der Waals surface area (Å²) in [5.41, 5.74) is 1.36. The SMILES string of the molecule is CCCNC(c1ccc(Cl)cc1)C1CSC(C)C(C)S1. The van der Waals surface area contributed by atoms with Crippen molar-refractivity contribution in [2.45, 2.75) is 49.0 Å². The van der Waals surface area contributed by atoms with Crippen molar-refractivity contribution in [3.8, 4) is 0 Å². The van der Waals surface area contributed by atoms with Crippen LogP contribution in [0.5, 0.6) is 0 Å². The van der Waals surface area contributed by atoms with Crippen molar-refractivity contribution < 1.29 is 0 Å². The number of hydrogen-bond acceptors (Lipinski definition) is 3. The molecule has 4 atom stereocenters. The summed E-state index contributed by atoms with van der Waals surface area (Å²) in [6.45, 7) is 7.99. The van der Waals surface area contributed by atoms with Gasteiger partial charge in [0.1, 0.15) is 0 Å². The summed E-state index contributed by atoms with van der Waals surface area (Å²) in [6.07, 6.45) is 1.17. The molecule has 0 spiro atoms.